The second-order valence-corrected chi connectivity index (χ2v) is 7.31. The number of methoxy groups -OCH3 is 1. The predicted octanol–water partition coefficient (Wildman–Crippen LogP) is 3.44. The van der Waals surface area contributed by atoms with Crippen LogP contribution in [0.25, 0.3) is 10.2 Å². The number of amides is 1. The molecule has 0 aliphatic carbocycles. The van der Waals surface area contributed by atoms with Crippen LogP contribution in [0.5, 0.6) is 17.2 Å². The fourth-order valence-electron chi connectivity index (χ4n) is 3.21. The molecule has 7 heteroatoms. The molecule has 0 saturated heterocycles. The average molecular weight is 384 g/mol. The summed E-state index contributed by atoms with van der Waals surface area (Å²) in [7, 11) is 1.61. The number of rotatable bonds is 4. The molecule has 27 heavy (non-hydrogen) atoms. The average Bonchev–Trinajstić information content (AvgIpc) is 3.22. The summed E-state index contributed by atoms with van der Waals surface area (Å²) in [5.74, 6) is 1.96. The molecular formula is C20H20N2O4S. The zero-order valence-electron chi connectivity index (χ0n) is 15.4. The topological polar surface area (TPSA) is 62.1 Å². The highest BCUT2D eigenvalue weighted by Gasteiger charge is 2.17. The molecule has 2 heterocycles. The van der Waals surface area contributed by atoms with Gasteiger partial charge in [-0.2, -0.15) is 4.99 Å². The van der Waals surface area contributed by atoms with Gasteiger partial charge in [0.25, 0.3) is 5.91 Å². The number of fused-ring (bicyclic) bond motifs is 2. The molecule has 1 amide bonds. The molecule has 0 unspecified atom stereocenters. The van der Waals surface area contributed by atoms with Gasteiger partial charge in [-0.05, 0) is 19.9 Å². The van der Waals surface area contributed by atoms with Crippen molar-refractivity contribution in [1.82, 2.24) is 4.57 Å². The quantitative estimate of drug-likeness (QED) is 0.691. The van der Waals surface area contributed by atoms with E-state index in [1.54, 1.807) is 7.11 Å². The third-order valence-corrected chi connectivity index (χ3v) is 5.53. The van der Waals surface area contributed by atoms with Crippen molar-refractivity contribution in [3.63, 3.8) is 0 Å². The minimum absolute atomic E-state index is 0.200. The van der Waals surface area contributed by atoms with Gasteiger partial charge >= 0.3 is 0 Å². The van der Waals surface area contributed by atoms with Crippen LogP contribution in [0.1, 0.15) is 18.1 Å². The van der Waals surface area contributed by atoms with Gasteiger partial charge in [-0.3, -0.25) is 4.79 Å². The first-order valence-electron chi connectivity index (χ1n) is 8.73. The number of aryl methyl sites for hydroxylation is 2. The predicted molar refractivity (Wildman–Crippen MR) is 104 cm³/mol. The maximum atomic E-state index is 12.6. The van der Waals surface area contributed by atoms with Gasteiger partial charge in [0.15, 0.2) is 16.3 Å². The van der Waals surface area contributed by atoms with Gasteiger partial charge in [-0.15, -0.1) is 0 Å². The van der Waals surface area contributed by atoms with Crippen LogP contribution < -0.4 is 19.0 Å². The molecule has 0 radical (unpaired) electrons. The Labute approximate surface area is 160 Å². The molecule has 1 aliphatic rings. The van der Waals surface area contributed by atoms with Crippen LogP contribution >= 0.6 is 11.3 Å². The van der Waals surface area contributed by atoms with Crippen LogP contribution in [0.2, 0.25) is 0 Å². The number of carbonyl (C=O) groups is 1. The summed E-state index contributed by atoms with van der Waals surface area (Å²) in [5, 5.41) is 0. The second kappa shape index (κ2) is 7.08. The smallest absolute Gasteiger partial charge is 0.252 e. The summed E-state index contributed by atoms with van der Waals surface area (Å²) in [6, 6.07) is 9.70. The summed E-state index contributed by atoms with van der Waals surface area (Å²) in [5.41, 5.74) is 2.92. The normalized spacial score (nSPS) is 13.4. The number of aromatic nitrogens is 1. The standard InChI is InChI=1S/C20H20N2O4S/c1-4-22-14-9-16-17(26-11-25-16)10-18(14)27-20(22)21-19(23)8-13-7-12(2)5-6-15(13)24-3/h5-7,9-10H,4,8,11H2,1-3H3. The summed E-state index contributed by atoms with van der Waals surface area (Å²) < 4.78 is 19.3. The van der Waals surface area contributed by atoms with Crippen molar-refractivity contribution >= 4 is 27.5 Å². The van der Waals surface area contributed by atoms with Crippen molar-refractivity contribution in [3.8, 4) is 17.2 Å². The van der Waals surface area contributed by atoms with E-state index in [2.05, 4.69) is 4.99 Å². The fraction of sp³-hybridized carbons (Fsp3) is 0.300. The van der Waals surface area contributed by atoms with Crippen molar-refractivity contribution in [1.29, 1.82) is 0 Å². The summed E-state index contributed by atoms with van der Waals surface area (Å²) >= 11 is 1.48. The molecule has 0 atom stereocenters. The third-order valence-electron chi connectivity index (χ3n) is 4.49. The van der Waals surface area contributed by atoms with E-state index >= 15 is 0 Å². The number of nitrogens with zero attached hydrogens (tertiary/aromatic N) is 2. The van der Waals surface area contributed by atoms with Crippen LogP contribution in [-0.4, -0.2) is 24.4 Å². The van der Waals surface area contributed by atoms with Gasteiger partial charge in [-0.25, -0.2) is 0 Å². The van der Waals surface area contributed by atoms with Crippen molar-refractivity contribution in [2.75, 3.05) is 13.9 Å². The van der Waals surface area contributed by atoms with E-state index in [9.17, 15) is 4.79 Å². The highest BCUT2D eigenvalue weighted by Crippen LogP contribution is 2.36. The Bertz CT molecular complexity index is 1100. The Morgan fingerprint density at radius 2 is 2.04 bits per heavy atom. The van der Waals surface area contributed by atoms with E-state index < -0.39 is 0 Å². The van der Waals surface area contributed by atoms with Gasteiger partial charge < -0.3 is 18.8 Å². The van der Waals surface area contributed by atoms with Gasteiger partial charge in [0.1, 0.15) is 5.75 Å². The molecule has 6 nitrogen and oxygen atoms in total. The van der Waals surface area contributed by atoms with Crippen molar-refractivity contribution in [2.45, 2.75) is 26.8 Å². The Morgan fingerprint density at radius 3 is 2.78 bits per heavy atom. The monoisotopic (exact) mass is 384 g/mol. The molecule has 0 bridgehead atoms. The molecule has 1 aliphatic heterocycles. The third kappa shape index (κ3) is 3.30. The van der Waals surface area contributed by atoms with Crippen molar-refractivity contribution in [2.24, 2.45) is 4.99 Å². The van der Waals surface area contributed by atoms with Crippen LogP contribution in [0.15, 0.2) is 35.3 Å². The SMILES string of the molecule is CCn1c(=NC(=O)Cc2cc(C)ccc2OC)sc2cc3c(cc21)OCO3. The van der Waals surface area contributed by atoms with Crippen LogP contribution in [-0.2, 0) is 17.8 Å². The zero-order valence-corrected chi connectivity index (χ0v) is 16.3. The second-order valence-electron chi connectivity index (χ2n) is 6.30. The van der Waals surface area contributed by atoms with E-state index in [0.717, 1.165) is 32.8 Å². The van der Waals surface area contributed by atoms with Gasteiger partial charge in [0.05, 0.1) is 23.7 Å². The Kier molecular flexibility index (Phi) is 4.61. The summed E-state index contributed by atoms with van der Waals surface area (Å²) in [6.45, 7) is 4.97. The number of benzene rings is 2. The maximum absolute atomic E-state index is 12.6. The minimum Gasteiger partial charge on any atom is -0.496 e. The lowest BCUT2D eigenvalue weighted by Crippen LogP contribution is -2.16. The van der Waals surface area contributed by atoms with Crippen LogP contribution in [0, 0.1) is 6.92 Å². The Morgan fingerprint density at radius 1 is 1.26 bits per heavy atom. The van der Waals surface area contributed by atoms with Crippen LogP contribution in [0.4, 0.5) is 0 Å². The molecule has 3 aromatic rings. The molecule has 1 aromatic heterocycles. The van der Waals surface area contributed by atoms with Crippen molar-refractivity contribution in [3.05, 3.63) is 46.3 Å². The highest BCUT2D eigenvalue weighted by atomic mass is 32.1. The Balaban J connectivity index is 1.72. The van der Waals surface area contributed by atoms with Gasteiger partial charge in [-0.1, -0.05) is 29.0 Å². The summed E-state index contributed by atoms with van der Waals surface area (Å²) in [4.78, 5) is 17.7. The molecule has 0 spiro atoms. The van der Waals surface area contributed by atoms with Crippen molar-refractivity contribution < 1.29 is 19.0 Å². The molecule has 0 saturated carbocycles. The van der Waals surface area contributed by atoms with Gasteiger partial charge in [0.2, 0.25) is 6.79 Å². The lowest BCUT2D eigenvalue weighted by Gasteiger charge is -2.07. The lowest BCUT2D eigenvalue weighted by atomic mass is 10.1. The number of thiazole rings is 1. The number of ether oxygens (including phenoxy) is 3. The molecule has 0 N–H and O–H groups in total. The van der Waals surface area contributed by atoms with E-state index in [1.165, 1.54) is 11.3 Å². The molecule has 140 valence electrons. The first kappa shape index (κ1) is 17.6. The first-order valence-corrected chi connectivity index (χ1v) is 9.54. The first-order chi connectivity index (χ1) is 13.1. The number of hydrogen-bond acceptors (Lipinski definition) is 5. The highest BCUT2D eigenvalue weighted by molar-refractivity contribution is 7.16. The largest absolute Gasteiger partial charge is 0.496 e. The zero-order chi connectivity index (χ0) is 19.0. The lowest BCUT2D eigenvalue weighted by molar-refractivity contribution is -0.117. The minimum atomic E-state index is -0.201. The van der Waals surface area contributed by atoms with Gasteiger partial charge in [0, 0.05) is 24.2 Å². The van der Waals surface area contributed by atoms with Crippen LogP contribution in [0.3, 0.4) is 0 Å². The Hall–Kier alpha value is -2.80. The summed E-state index contributed by atoms with van der Waals surface area (Å²) in [6.07, 6.45) is 0.200. The maximum Gasteiger partial charge on any atom is 0.252 e. The van der Waals surface area contributed by atoms with E-state index in [1.807, 2.05) is 48.7 Å². The fourth-order valence-corrected chi connectivity index (χ4v) is 4.33. The number of carbonyl (C=O) groups excluding carboxylic acids is 1. The molecule has 0 fully saturated rings. The van der Waals surface area contributed by atoms with E-state index in [0.29, 0.717) is 17.1 Å². The molecule has 4 rings (SSSR count). The number of hydrogen-bond donors (Lipinski definition) is 0. The van der Waals surface area contributed by atoms with E-state index in [-0.39, 0.29) is 19.1 Å². The van der Waals surface area contributed by atoms with E-state index in [4.69, 9.17) is 14.2 Å². The molecular weight excluding hydrogens is 364 g/mol. The molecule has 2 aromatic carbocycles.